The summed E-state index contributed by atoms with van der Waals surface area (Å²) < 4.78 is 7.26. The van der Waals surface area contributed by atoms with Gasteiger partial charge >= 0.3 is 0 Å². The van der Waals surface area contributed by atoms with Gasteiger partial charge in [0.05, 0.1) is 20.1 Å². The molecule has 3 rings (SSSR count). The number of amides is 1. The van der Waals surface area contributed by atoms with E-state index in [9.17, 15) is 14.9 Å². The Labute approximate surface area is 199 Å². The number of rotatable bonds is 7. The second-order valence-corrected chi connectivity index (χ2v) is 8.31. The molecular formula is C21H14Br2ClN3O4. The summed E-state index contributed by atoms with van der Waals surface area (Å²) in [5.41, 5.74) is 4.12. The van der Waals surface area contributed by atoms with Crippen LogP contribution < -0.4 is 10.2 Å². The van der Waals surface area contributed by atoms with Gasteiger partial charge < -0.3 is 4.74 Å². The van der Waals surface area contributed by atoms with E-state index < -0.39 is 10.8 Å². The molecule has 0 heterocycles. The van der Waals surface area contributed by atoms with Gasteiger partial charge in [-0.2, -0.15) is 5.10 Å². The SMILES string of the molecule is O=C(NN=Cc1cc(Br)c(OCc2ccccc2Cl)c(Br)c1)c1ccc([N+](=O)[O-])cc1. The van der Waals surface area contributed by atoms with Gasteiger partial charge in [0.15, 0.2) is 0 Å². The topological polar surface area (TPSA) is 93.8 Å². The number of nitro groups is 1. The highest BCUT2D eigenvalue weighted by Crippen LogP contribution is 2.35. The summed E-state index contributed by atoms with van der Waals surface area (Å²) in [6, 6.07) is 16.2. The van der Waals surface area contributed by atoms with Gasteiger partial charge in [-0.15, -0.1) is 0 Å². The number of nitrogens with zero attached hydrogens (tertiary/aromatic N) is 2. The van der Waals surface area contributed by atoms with Crippen molar-refractivity contribution in [3.8, 4) is 5.75 Å². The standard InChI is InChI=1S/C21H14Br2ClN3O4/c22-17-9-13(10-18(23)20(17)31-12-15-3-1-2-4-19(15)24)11-25-26-21(28)14-5-7-16(8-6-14)27(29)30/h1-11H,12H2,(H,26,28). The lowest BCUT2D eigenvalue weighted by atomic mass is 10.2. The van der Waals surface area contributed by atoms with Crippen molar-refractivity contribution in [1.82, 2.24) is 5.43 Å². The van der Waals surface area contributed by atoms with Gasteiger partial charge in [0, 0.05) is 28.3 Å². The first-order valence-electron chi connectivity index (χ1n) is 8.78. The molecule has 0 saturated carbocycles. The number of hydrogen-bond acceptors (Lipinski definition) is 5. The summed E-state index contributed by atoms with van der Waals surface area (Å²) in [7, 11) is 0. The third-order valence-electron chi connectivity index (χ3n) is 4.07. The summed E-state index contributed by atoms with van der Waals surface area (Å²) in [5.74, 6) is 0.121. The van der Waals surface area contributed by atoms with Gasteiger partial charge in [-0.3, -0.25) is 14.9 Å². The third kappa shape index (κ3) is 6.13. The van der Waals surface area contributed by atoms with Crippen LogP contribution in [0.4, 0.5) is 5.69 Å². The van der Waals surface area contributed by atoms with Crippen molar-refractivity contribution in [2.75, 3.05) is 0 Å². The van der Waals surface area contributed by atoms with Crippen molar-refractivity contribution in [1.29, 1.82) is 0 Å². The molecule has 0 aromatic heterocycles. The number of carbonyl (C=O) groups excluding carboxylic acids is 1. The average Bonchev–Trinajstić information content (AvgIpc) is 2.74. The van der Waals surface area contributed by atoms with E-state index >= 15 is 0 Å². The van der Waals surface area contributed by atoms with E-state index in [1.807, 2.05) is 18.2 Å². The zero-order chi connectivity index (χ0) is 22.4. The number of halogens is 3. The molecular weight excluding hydrogens is 554 g/mol. The second kappa shape index (κ2) is 10.5. The molecule has 0 fully saturated rings. The number of benzene rings is 3. The van der Waals surface area contributed by atoms with Crippen LogP contribution in [0, 0.1) is 10.1 Å². The van der Waals surface area contributed by atoms with Gasteiger partial charge in [0.25, 0.3) is 11.6 Å². The van der Waals surface area contributed by atoms with Crippen LogP contribution >= 0.6 is 43.5 Å². The summed E-state index contributed by atoms with van der Waals surface area (Å²) >= 11 is 13.1. The van der Waals surface area contributed by atoms with Crippen LogP contribution in [0.2, 0.25) is 5.02 Å². The lowest BCUT2D eigenvalue weighted by Gasteiger charge is -2.12. The molecule has 0 radical (unpaired) electrons. The van der Waals surface area contributed by atoms with Crippen molar-refractivity contribution < 1.29 is 14.5 Å². The Kier molecular flexibility index (Phi) is 7.78. The molecule has 0 atom stereocenters. The van der Waals surface area contributed by atoms with Crippen molar-refractivity contribution in [2.45, 2.75) is 6.61 Å². The Balaban J connectivity index is 1.64. The van der Waals surface area contributed by atoms with E-state index in [1.165, 1.54) is 30.5 Å². The Morgan fingerprint density at radius 3 is 2.39 bits per heavy atom. The minimum atomic E-state index is -0.530. The van der Waals surface area contributed by atoms with E-state index in [1.54, 1.807) is 18.2 Å². The molecule has 10 heteroatoms. The summed E-state index contributed by atoms with van der Waals surface area (Å²) in [6.45, 7) is 0.301. The van der Waals surface area contributed by atoms with Gasteiger partial charge in [0.1, 0.15) is 12.4 Å². The molecule has 0 unspecified atom stereocenters. The van der Waals surface area contributed by atoms with Gasteiger partial charge in [-0.25, -0.2) is 5.43 Å². The minimum absolute atomic E-state index is 0.0911. The highest BCUT2D eigenvalue weighted by Gasteiger charge is 2.11. The van der Waals surface area contributed by atoms with Crippen LogP contribution in [0.15, 0.2) is 74.7 Å². The molecule has 0 spiro atoms. The van der Waals surface area contributed by atoms with E-state index in [0.29, 0.717) is 31.9 Å². The third-order valence-corrected chi connectivity index (χ3v) is 5.62. The van der Waals surface area contributed by atoms with Crippen LogP contribution in [0.25, 0.3) is 0 Å². The Morgan fingerprint density at radius 2 is 1.77 bits per heavy atom. The molecule has 0 aliphatic carbocycles. The Hall–Kier alpha value is -2.75. The fourth-order valence-corrected chi connectivity index (χ4v) is 4.16. The van der Waals surface area contributed by atoms with Crippen molar-refractivity contribution in [2.24, 2.45) is 5.10 Å². The summed E-state index contributed by atoms with van der Waals surface area (Å²) in [6.07, 6.45) is 1.47. The van der Waals surface area contributed by atoms with Crippen LogP contribution in [-0.4, -0.2) is 17.0 Å². The van der Waals surface area contributed by atoms with Crippen molar-refractivity contribution in [3.63, 3.8) is 0 Å². The number of hydrazone groups is 1. The van der Waals surface area contributed by atoms with Crippen molar-refractivity contribution in [3.05, 3.63) is 101 Å². The zero-order valence-corrected chi connectivity index (χ0v) is 19.6. The fraction of sp³-hybridized carbons (Fsp3) is 0.0476. The maximum atomic E-state index is 12.1. The molecule has 0 aliphatic rings. The van der Waals surface area contributed by atoms with E-state index in [4.69, 9.17) is 16.3 Å². The maximum absolute atomic E-state index is 12.1. The summed E-state index contributed by atoms with van der Waals surface area (Å²) in [5, 5.41) is 15.2. The number of non-ortho nitro benzene ring substituents is 1. The monoisotopic (exact) mass is 565 g/mol. The van der Waals surface area contributed by atoms with Crippen molar-refractivity contribution >= 4 is 61.3 Å². The van der Waals surface area contributed by atoms with Crippen LogP contribution in [-0.2, 0) is 6.61 Å². The van der Waals surface area contributed by atoms with Gasteiger partial charge in [-0.1, -0.05) is 29.8 Å². The fourth-order valence-electron chi connectivity index (χ4n) is 2.52. The first-order valence-corrected chi connectivity index (χ1v) is 10.7. The largest absolute Gasteiger partial charge is 0.486 e. The number of nitrogens with one attached hydrogen (secondary N) is 1. The molecule has 158 valence electrons. The average molecular weight is 568 g/mol. The van der Waals surface area contributed by atoms with E-state index in [2.05, 4.69) is 42.4 Å². The number of carbonyl (C=O) groups is 1. The maximum Gasteiger partial charge on any atom is 0.271 e. The highest BCUT2D eigenvalue weighted by atomic mass is 79.9. The molecule has 0 saturated heterocycles. The van der Waals surface area contributed by atoms with E-state index in [-0.39, 0.29) is 11.3 Å². The smallest absolute Gasteiger partial charge is 0.271 e. The number of ether oxygens (including phenoxy) is 1. The van der Waals surface area contributed by atoms with Crippen LogP contribution in [0.3, 0.4) is 0 Å². The van der Waals surface area contributed by atoms with Gasteiger partial charge in [0.2, 0.25) is 0 Å². The van der Waals surface area contributed by atoms with E-state index in [0.717, 1.165) is 5.56 Å². The number of nitro benzene ring substituents is 1. The first-order chi connectivity index (χ1) is 14.8. The van der Waals surface area contributed by atoms with Crippen LogP contribution in [0.5, 0.6) is 5.75 Å². The molecule has 0 aliphatic heterocycles. The molecule has 3 aromatic rings. The lowest BCUT2D eigenvalue weighted by Crippen LogP contribution is -2.17. The normalized spacial score (nSPS) is 10.8. The molecule has 1 N–H and O–H groups in total. The van der Waals surface area contributed by atoms with Gasteiger partial charge in [-0.05, 0) is 67.8 Å². The highest BCUT2D eigenvalue weighted by molar-refractivity contribution is 9.11. The Morgan fingerprint density at radius 1 is 1.13 bits per heavy atom. The summed E-state index contributed by atoms with van der Waals surface area (Å²) in [4.78, 5) is 22.3. The predicted molar refractivity (Wildman–Crippen MR) is 126 cm³/mol. The molecule has 1 amide bonds. The predicted octanol–water partition coefficient (Wildman–Crippen LogP) is 6.12. The molecule has 7 nitrogen and oxygen atoms in total. The first kappa shape index (κ1) is 22.9. The quantitative estimate of drug-likeness (QED) is 0.212. The minimum Gasteiger partial charge on any atom is -0.486 e. The Bertz CT molecular complexity index is 1130. The lowest BCUT2D eigenvalue weighted by molar-refractivity contribution is -0.384. The molecule has 31 heavy (non-hydrogen) atoms. The second-order valence-electron chi connectivity index (χ2n) is 6.20. The molecule has 3 aromatic carbocycles. The van der Waals surface area contributed by atoms with Crippen LogP contribution in [0.1, 0.15) is 21.5 Å². The zero-order valence-electron chi connectivity index (χ0n) is 15.7. The number of hydrogen-bond donors (Lipinski definition) is 1. The molecule has 0 bridgehead atoms.